The van der Waals surface area contributed by atoms with Crippen LogP contribution in [-0.4, -0.2) is 4.98 Å². The van der Waals surface area contributed by atoms with E-state index in [4.69, 9.17) is 5.73 Å². The second-order valence-corrected chi connectivity index (χ2v) is 5.69. The molecule has 0 bridgehead atoms. The van der Waals surface area contributed by atoms with Gasteiger partial charge in [0.05, 0.1) is 17.6 Å². The predicted molar refractivity (Wildman–Crippen MR) is 102 cm³/mol. The number of nitrogens with zero attached hydrogens (tertiary/aromatic N) is 3. The van der Waals surface area contributed by atoms with E-state index in [1.807, 2.05) is 78.9 Å². The Balaban J connectivity index is 1.66. The first-order valence-electron chi connectivity index (χ1n) is 8.02. The number of pyridine rings is 1. The van der Waals surface area contributed by atoms with Gasteiger partial charge < -0.3 is 5.73 Å². The Morgan fingerprint density at radius 1 is 0.720 bits per heavy atom. The highest BCUT2D eigenvalue weighted by atomic mass is 15.1. The van der Waals surface area contributed by atoms with Crippen LogP contribution in [0.2, 0.25) is 0 Å². The number of rotatable bonds is 3. The van der Waals surface area contributed by atoms with Gasteiger partial charge in [0.15, 0.2) is 0 Å². The molecule has 0 aliphatic carbocycles. The maximum Gasteiger partial charge on any atom is 0.116 e. The van der Waals surface area contributed by atoms with Gasteiger partial charge in [0, 0.05) is 10.9 Å². The Kier molecular flexibility index (Phi) is 3.92. The van der Waals surface area contributed by atoms with E-state index >= 15 is 0 Å². The van der Waals surface area contributed by atoms with Crippen LogP contribution in [-0.2, 0) is 0 Å². The van der Waals surface area contributed by atoms with E-state index in [2.05, 4.69) is 15.2 Å². The lowest BCUT2D eigenvalue weighted by molar-refractivity contribution is 1.21. The molecule has 4 nitrogen and oxygen atoms in total. The molecule has 0 saturated heterocycles. The molecule has 0 spiro atoms. The second kappa shape index (κ2) is 6.53. The molecular weight excluding hydrogens is 308 g/mol. The minimum Gasteiger partial charge on any atom is -0.397 e. The van der Waals surface area contributed by atoms with E-state index in [1.165, 1.54) is 0 Å². The largest absolute Gasteiger partial charge is 0.397 e. The summed E-state index contributed by atoms with van der Waals surface area (Å²) in [5.74, 6) is 0. The number of fused-ring (bicyclic) bond motifs is 1. The lowest BCUT2D eigenvalue weighted by Crippen LogP contribution is -1.86. The van der Waals surface area contributed by atoms with Crippen molar-refractivity contribution in [2.75, 3.05) is 5.73 Å². The summed E-state index contributed by atoms with van der Waals surface area (Å²) in [7, 11) is 0. The van der Waals surface area contributed by atoms with Crippen molar-refractivity contribution < 1.29 is 0 Å². The van der Waals surface area contributed by atoms with Crippen molar-refractivity contribution >= 4 is 27.8 Å². The van der Waals surface area contributed by atoms with Gasteiger partial charge in [0.25, 0.3) is 0 Å². The van der Waals surface area contributed by atoms with Gasteiger partial charge in [0.2, 0.25) is 0 Å². The first-order chi connectivity index (χ1) is 12.3. The molecule has 0 unspecified atom stereocenters. The number of azo groups is 1. The standard InChI is InChI=1S/C21H16N4/c22-19-12-10-15-6-4-5-9-18(15)21(19)25-24-17-11-13-20(23-14-17)16-7-2-1-3-8-16/h1-14H,22H2. The van der Waals surface area contributed by atoms with Gasteiger partial charge in [-0.2, -0.15) is 0 Å². The number of benzene rings is 3. The molecular formula is C21H16N4. The quantitative estimate of drug-likeness (QED) is 0.376. The fourth-order valence-corrected chi connectivity index (χ4v) is 2.72. The fraction of sp³-hybridized carbons (Fsp3) is 0. The summed E-state index contributed by atoms with van der Waals surface area (Å²) in [6, 6.07) is 25.7. The van der Waals surface area contributed by atoms with Gasteiger partial charge in [0.1, 0.15) is 11.4 Å². The van der Waals surface area contributed by atoms with E-state index in [9.17, 15) is 0 Å². The molecule has 2 N–H and O–H groups in total. The zero-order chi connectivity index (χ0) is 17.1. The summed E-state index contributed by atoms with van der Waals surface area (Å²) >= 11 is 0. The Morgan fingerprint density at radius 3 is 2.32 bits per heavy atom. The van der Waals surface area contributed by atoms with Crippen molar-refractivity contribution in [3.8, 4) is 11.3 Å². The molecule has 1 heterocycles. The van der Waals surface area contributed by atoms with E-state index in [-0.39, 0.29) is 0 Å². The summed E-state index contributed by atoms with van der Waals surface area (Å²) in [5, 5.41) is 10.7. The third-order valence-corrected chi connectivity index (χ3v) is 4.01. The SMILES string of the molecule is Nc1ccc2ccccc2c1N=Nc1ccc(-c2ccccc2)nc1. The summed E-state index contributed by atoms with van der Waals surface area (Å²) in [5.41, 5.74) is 10.0. The zero-order valence-corrected chi connectivity index (χ0v) is 13.5. The third-order valence-electron chi connectivity index (χ3n) is 4.01. The van der Waals surface area contributed by atoms with Crippen LogP contribution < -0.4 is 5.73 Å². The van der Waals surface area contributed by atoms with E-state index in [0.717, 1.165) is 22.0 Å². The maximum absolute atomic E-state index is 6.08. The van der Waals surface area contributed by atoms with E-state index < -0.39 is 0 Å². The molecule has 25 heavy (non-hydrogen) atoms. The summed E-state index contributed by atoms with van der Waals surface area (Å²) in [6.07, 6.45) is 1.72. The number of anilines is 1. The minimum absolute atomic E-state index is 0.608. The van der Waals surface area contributed by atoms with Crippen molar-refractivity contribution in [1.82, 2.24) is 4.98 Å². The second-order valence-electron chi connectivity index (χ2n) is 5.69. The smallest absolute Gasteiger partial charge is 0.116 e. The third kappa shape index (κ3) is 3.10. The molecule has 4 rings (SSSR count). The number of hydrogen-bond donors (Lipinski definition) is 1. The fourth-order valence-electron chi connectivity index (χ4n) is 2.72. The Bertz CT molecular complexity index is 1040. The summed E-state index contributed by atoms with van der Waals surface area (Å²) < 4.78 is 0. The van der Waals surface area contributed by atoms with Gasteiger partial charge in [-0.3, -0.25) is 4.98 Å². The first kappa shape index (κ1) is 15.0. The summed E-state index contributed by atoms with van der Waals surface area (Å²) in [6.45, 7) is 0. The lowest BCUT2D eigenvalue weighted by atomic mass is 10.1. The van der Waals surface area contributed by atoms with Gasteiger partial charge in [-0.25, -0.2) is 0 Å². The van der Waals surface area contributed by atoms with E-state index in [1.54, 1.807) is 6.20 Å². The van der Waals surface area contributed by atoms with Crippen molar-refractivity contribution in [2.45, 2.75) is 0 Å². The zero-order valence-electron chi connectivity index (χ0n) is 13.5. The number of hydrogen-bond acceptors (Lipinski definition) is 4. The van der Waals surface area contributed by atoms with Crippen LogP contribution in [0.5, 0.6) is 0 Å². The molecule has 0 aliphatic rings. The molecule has 120 valence electrons. The van der Waals surface area contributed by atoms with Gasteiger partial charge in [-0.15, -0.1) is 10.2 Å². The predicted octanol–water partition coefficient (Wildman–Crippen LogP) is 5.90. The van der Waals surface area contributed by atoms with Crippen molar-refractivity contribution in [1.29, 1.82) is 0 Å². The molecule has 4 aromatic rings. The number of aromatic nitrogens is 1. The van der Waals surface area contributed by atoms with Crippen LogP contribution >= 0.6 is 0 Å². The molecule has 0 aliphatic heterocycles. The van der Waals surface area contributed by atoms with Gasteiger partial charge in [-0.05, 0) is 23.6 Å². The lowest BCUT2D eigenvalue weighted by Gasteiger charge is -2.04. The van der Waals surface area contributed by atoms with Crippen molar-refractivity contribution in [3.05, 3.63) is 85.1 Å². The highest BCUT2D eigenvalue weighted by Gasteiger charge is 2.04. The highest BCUT2D eigenvalue weighted by molar-refractivity contribution is 5.97. The topological polar surface area (TPSA) is 63.6 Å². The molecule has 0 saturated carbocycles. The first-order valence-corrected chi connectivity index (χ1v) is 8.02. The average Bonchev–Trinajstić information content (AvgIpc) is 2.68. The van der Waals surface area contributed by atoms with Crippen LogP contribution in [0.25, 0.3) is 22.0 Å². The molecule has 1 aromatic heterocycles. The normalized spacial score (nSPS) is 11.2. The monoisotopic (exact) mass is 324 g/mol. The average molecular weight is 324 g/mol. The van der Waals surface area contributed by atoms with E-state index in [0.29, 0.717) is 17.1 Å². The molecule has 0 fully saturated rings. The van der Waals surface area contributed by atoms with Crippen LogP contribution in [0.4, 0.5) is 17.1 Å². The van der Waals surface area contributed by atoms with Crippen molar-refractivity contribution in [2.24, 2.45) is 10.2 Å². The number of nitrogens with two attached hydrogens (primary N) is 1. The molecule has 0 amide bonds. The molecule has 4 heteroatoms. The highest BCUT2D eigenvalue weighted by Crippen LogP contribution is 2.33. The Labute approximate surface area is 145 Å². The minimum atomic E-state index is 0.608. The summed E-state index contributed by atoms with van der Waals surface area (Å²) in [4.78, 5) is 4.46. The van der Waals surface area contributed by atoms with Crippen molar-refractivity contribution in [3.63, 3.8) is 0 Å². The molecule has 0 radical (unpaired) electrons. The van der Waals surface area contributed by atoms with Gasteiger partial charge >= 0.3 is 0 Å². The van der Waals surface area contributed by atoms with Crippen LogP contribution in [0.15, 0.2) is 95.3 Å². The molecule has 3 aromatic carbocycles. The van der Waals surface area contributed by atoms with Crippen LogP contribution in [0, 0.1) is 0 Å². The maximum atomic E-state index is 6.08. The van der Waals surface area contributed by atoms with Crippen LogP contribution in [0.3, 0.4) is 0 Å². The van der Waals surface area contributed by atoms with Crippen LogP contribution in [0.1, 0.15) is 0 Å². The Morgan fingerprint density at radius 2 is 1.52 bits per heavy atom. The molecule has 0 atom stereocenters. The number of nitrogen functional groups attached to an aromatic ring is 1. The van der Waals surface area contributed by atoms with Gasteiger partial charge in [-0.1, -0.05) is 60.7 Å². The Hall–Kier alpha value is -3.53.